The van der Waals surface area contributed by atoms with E-state index in [4.69, 9.17) is 23.1 Å². The Hall–Kier alpha value is -1.18. The van der Waals surface area contributed by atoms with Crippen molar-refractivity contribution in [2.75, 3.05) is 19.7 Å². The molecule has 0 atom stereocenters. The molecule has 0 saturated heterocycles. The third kappa shape index (κ3) is 5.14. The highest BCUT2D eigenvalue weighted by Crippen LogP contribution is 2.14. The summed E-state index contributed by atoms with van der Waals surface area (Å²) >= 11 is 4.72. The van der Waals surface area contributed by atoms with Crippen molar-refractivity contribution in [2.45, 2.75) is 13.0 Å². The van der Waals surface area contributed by atoms with Crippen LogP contribution < -0.4 is 5.73 Å². The zero-order valence-electron chi connectivity index (χ0n) is 10.2. The summed E-state index contributed by atoms with van der Waals surface area (Å²) in [5.74, 6) is -0.553. The lowest BCUT2D eigenvalue weighted by Crippen LogP contribution is -2.31. The fraction of sp³-hybridized carbons (Fsp3) is 0.417. The van der Waals surface area contributed by atoms with Crippen molar-refractivity contribution >= 4 is 17.2 Å². The third-order valence-corrected chi connectivity index (χ3v) is 2.78. The van der Waals surface area contributed by atoms with E-state index in [-0.39, 0.29) is 30.2 Å². The Bertz CT molecular complexity index is 443. The van der Waals surface area contributed by atoms with Gasteiger partial charge in [-0.25, -0.2) is 13.2 Å². The van der Waals surface area contributed by atoms with E-state index in [1.807, 2.05) is 0 Å². The summed E-state index contributed by atoms with van der Waals surface area (Å²) in [6.45, 7) is -0.731. The number of nitrogens with zero attached hydrogens (tertiary/aromatic N) is 1. The van der Waals surface area contributed by atoms with Crippen molar-refractivity contribution in [1.29, 1.82) is 0 Å². The first-order valence-corrected chi connectivity index (χ1v) is 6.04. The second-order valence-corrected chi connectivity index (χ2v) is 4.46. The molecule has 0 aromatic heterocycles. The van der Waals surface area contributed by atoms with Crippen molar-refractivity contribution in [3.8, 4) is 0 Å². The average molecular weight is 292 g/mol. The summed E-state index contributed by atoms with van der Waals surface area (Å²) in [7, 11) is 0. The second kappa shape index (κ2) is 7.42. The molecule has 0 aliphatic carbocycles. The van der Waals surface area contributed by atoms with Crippen molar-refractivity contribution in [2.24, 2.45) is 5.73 Å². The summed E-state index contributed by atoms with van der Waals surface area (Å²) in [5, 5.41) is 8.80. The van der Waals surface area contributed by atoms with Crippen LogP contribution in [0.3, 0.4) is 0 Å². The molecule has 0 aliphatic rings. The topological polar surface area (TPSA) is 49.5 Å². The zero-order chi connectivity index (χ0) is 14.4. The molecular formula is C12H15F3N2OS. The van der Waals surface area contributed by atoms with Gasteiger partial charge >= 0.3 is 0 Å². The minimum Gasteiger partial charge on any atom is -0.395 e. The number of hydrogen-bond donors (Lipinski definition) is 2. The minimum atomic E-state index is -2.54. The second-order valence-electron chi connectivity index (χ2n) is 4.02. The van der Waals surface area contributed by atoms with Gasteiger partial charge < -0.3 is 10.8 Å². The summed E-state index contributed by atoms with van der Waals surface area (Å²) in [5.41, 5.74) is 6.02. The monoisotopic (exact) mass is 292 g/mol. The lowest BCUT2D eigenvalue weighted by Gasteiger charge is -2.21. The van der Waals surface area contributed by atoms with Gasteiger partial charge in [0.25, 0.3) is 6.43 Å². The molecule has 0 bridgehead atoms. The molecule has 1 aromatic carbocycles. The molecule has 0 fully saturated rings. The van der Waals surface area contributed by atoms with Crippen LogP contribution in [0.5, 0.6) is 0 Å². The van der Waals surface area contributed by atoms with Gasteiger partial charge in [-0.3, -0.25) is 4.90 Å². The lowest BCUT2D eigenvalue weighted by atomic mass is 10.1. The molecule has 0 amide bonds. The highest BCUT2D eigenvalue weighted by atomic mass is 32.1. The number of aliphatic hydroxyl groups is 1. The molecule has 0 unspecified atom stereocenters. The van der Waals surface area contributed by atoms with Gasteiger partial charge in [0, 0.05) is 24.2 Å². The number of benzene rings is 1. The Labute approximate surface area is 114 Å². The Kier molecular flexibility index (Phi) is 6.20. The SMILES string of the molecule is NC(=S)c1ccc(CN(CCO)CC(F)F)c(F)c1. The number of alkyl halides is 2. The predicted molar refractivity (Wildman–Crippen MR) is 70.7 cm³/mol. The van der Waals surface area contributed by atoms with Crippen molar-refractivity contribution in [3.05, 3.63) is 35.1 Å². The molecule has 0 saturated carbocycles. The fourth-order valence-electron chi connectivity index (χ4n) is 1.64. The van der Waals surface area contributed by atoms with Gasteiger partial charge in [-0.1, -0.05) is 24.4 Å². The summed E-state index contributed by atoms with van der Waals surface area (Å²) < 4.78 is 38.4. The van der Waals surface area contributed by atoms with Crippen molar-refractivity contribution < 1.29 is 18.3 Å². The van der Waals surface area contributed by atoms with Gasteiger partial charge in [0.05, 0.1) is 13.2 Å². The van der Waals surface area contributed by atoms with Crippen LogP contribution in [-0.2, 0) is 6.54 Å². The van der Waals surface area contributed by atoms with Crippen LogP contribution in [0.1, 0.15) is 11.1 Å². The smallest absolute Gasteiger partial charge is 0.251 e. The molecule has 0 heterocycles. The van der Waals surface area contributed by atoms with Gasteiger partial charge in [0.15, 0.2) is 0 Å². The summed E-state index contributed by atoms with van der Waals surface area (Å²) in [6, 6.07) is 4.18. The molecule has 106 valence electrons. The minimum absolute atomic E-state index is 0.00561. The lowest BCUT2D eigenvalue weighted by molar-refractivity contribution is 0.0741. The van der Waals surface area contributed by atoms with Gasteiger partial charge in [-0.15, -0.1) is 0 Å². The van der Waals surface area contributed by atoms with E-state index in [9.17, 15) is 13.2 Å². The average Bonchev–Trinajstić information content (AvgIpc) is 2.31. The normalized spacial score (nSPS) is 11.3. The number of halogens is 3. The van der Waals surface area contributed by atoms with Gasteiger partial charge in [-0.2, -0.15) is 0 Å². The molecule has 1 rings (SSSR count). The summed E-state index contributed by atoms with van der Waals surface area (Å²) in [6.07, 6.45) is -2.54. The molecule has 0 aliphatic heterocycles. The number of aliphatic hydroxyl groups excluding tert-OH is 1. The molecule has 0 spiro atoms. The van der Waals surface area contributed by atoms with E-state index in [0.717, 1.165) is 0 Å². The van der Waals surface area contributed by atoms with E-state index < -0.39 is 18.8 Å². The van der Waals surface area contributed by atoms with Gasteiger partial charge in [0.2, 0.25) is 0 Å². The third-order valence-electron chi connectivity index (χ3n) is 2.54. The van der Waals surface area contributed by atoms with Crippen LogP contribution >= 0.6 is 12.2 Å². The van der Waals surface area contributed by atoms with E-state index in [2.05, 4.69) is 0 Å². The predicted octanol–water partition coefficient (Wildman–Crippen LogP) is 1.52. The van der Waals surface area contributed by atoms with Crippen LogP contribution in [0.25, 0.3) is 0 Å². The van der Waals surface area contributed by atoms with Crippen LogP contribution in [-0.4, -0.2) is 41.1 Å². The first-order valence-electron chi connectivity index (χ1n) is 5.63. The number of rotatable bonds is 7. The molecular weight excluding hydrogens is 277 g/mol. The van der Waals surface area contributed by atoms with E-state index in [1.54, 1.807) is 6.07 Å². The Morgan fingerprint density at radius 1 is 1.42 bits per heavy atom. The Morgan fingerprint density at radius 2 is 2.11 bits per heavy atom. The molecule has 1 aromatic rings. The molecule has 3 nitrogen and oxygen atoms in total. The van der Waals surface area contributed by atoms with Crippen LogP contribution in [0.15, 0.2) is 18.2 Å². The van der Waals surface area contributed by atoms with Gasteiger partial charge in [-0.05, 0) is 6.07 Å². The molecule has 7 heteroatoms. The molecule has 3 N–H and O–H groups in total. The fourth-order valence-corrected chi connectivity index (χ4v) is 1.77. The molecule has 19 heavy (non-hydrogen) atoms. The van der Waals surface area contributed by atoms with E-state index in [0.29, 0.717) is 5.56 Å². The van der Waals surface area contributed by atoms with Crippen LogP contribution in [0.4, 0.5) is 13.2 Å². The van der Waals surface area contributed by atoms with Crippen molar-refractivity contribution in [3.63, 3.8) is 0 Å². The van der Waals surface area contributed by atoms with E-state index >= 15 is 0 Å². The number of hydrogen-bond acceptors (Lipinski definition) is 3. The maximum Gasteiger partial charge on any atom is 0.251 e. The number of nitrogens with two attached hydrogens (primary N) is 1. The number of thiocarbonyl (C=S) groups is 1. The Morgan fingerprint density at radius 3 is 2.58 bits per heavy atom. The van der Waals surface area contributed by atoms with Crippen LogP contribution in [0.2, 0.25) is 0 Å². The zero-order valence-corrected chi connectivity index (χ0v) is 11.0. The summed E-state index contributed by atoms with van der Waals surface area (Å²) in [4.78, 5) is 1.36. The first kappa shape index (κ1) is 15.9. The maximum atomic E-state index is 13.8. The van der Waals surface area contributed by atoms with E-state index in [1.165, 1.54) is 17.0 Å². The Balaban J connectivity index is 2.81. The maximum absolute atomic E-state index is 13.8. The molecule has 0 radical (unpaired) electrons. The van der Waals surface area contributed by atoms with Gasteiger partial charge in [0.1, 0.15) is 10.8 Å². The standard InChI is InChI=1S/C12H15F3N2OS/c13-10-5-8(12(16)19)1-2-9(10)6-17(3-4-18)7-11(14)15/h1-2,5,11,18H,3-4,6-7H2,(H2,16,19). The highest BCUT2D eigenvalue weighted by Gasteiger charge is 2.14. The first-order chi connectivity index (χ1) is 8.93. The largest absolute Gasteiger partial charge is 0.395 e. The van der Waals surface area contributed by atoms with Crippen LogP contribution in [0, 0.1) is 5.82 Å². The van der Waals surface area contributed by atoms with Crippen molar-refractivity contribution in [1.82, 2.24) is 4.90 Å². The quantitative estimate of drug-likeness (QED) is 0.748. The highest BCUT2D eigenvalue weighted by molar-refractivity contribution is 7.80.